The van der Waals surface area contributed by atoms with Gasteiger partial charge in [-0.15, -0.1) is 0 Å². The van der Waals surface area contributed by atoms with Crippen LogP contribution < -0.4 is 4.74 Å². The van der Waals surface area contributed by atoms with E-state index in [0.717, 1.165) is 27.3 Å². The third-order valence-electron chi connectivity index (χ3n) is 6.95. The summed E-state index contributed by atoms with van der Waals surface area (Å²) in [5.74, 6) is -1.31. The lowest BCUT2D eigenvalue weighted by atomic mass is 9.55. The second-order valence-electron chi connectivity index (χ2n) is 8.48. The zero-order chi connectivity index (χ0) is 22.5. The number of nitriles is 1. The van der Waals surface area contributed by atoms with Crippen molar-refractivity contribution in [3.05, 3.63) is 101 Å². The molecular formula is C27H19N3O3. The number of hydrazone groups is 1. The Balaban J connectivity index is 1.40. The van der Waals surface area contributed by atoms with Gasteiger partial charge in [0.25, 0.3) is 11.8 Å². The lowest BCUT2D eigenvalue weighted by Gasteiger charge is -2.45. The lowest BCUT2D eigenvalue weighted by molar-refractivity contribution is -0.139. The Labute approximate surface area is 190 Å². The van der Waals surface area contributed by atoms with Gasteiger partial charge in [-0.05, 0) is 34.4 Å². The summed E-state index contributed by atoms with van der Waals surface area (Å²) in [6.07, 6.45) is 1.46. The molecule has 0 spiro atoms. The van der Waals surface area contributed by atoms with E-state index in [-0.39, 0.29) is 30.3 Å². The van der Waals surface area contributed by atoms with Gasteiger partial charge in [0.05, 0.1) is 18.1 Å². The third-order valence-corrected chi connectivity index (χ3v) is 6.95. The van der Waals surface area contributed by atoms with Crippen molar-refractivity contribution in [3.8, 4) is 11.8 Å². The number of hydrogen-bond acceptors (Lipinski definition) is 5. The van der Waals surface area contributed by atoms with Gasteiger partial charge >= 0.3 is 0 Å². The molecule has 3 aromatic carbocycles. The monoisotopic (exact) mass is 433 g/mol. The standard InChI is InChI=1S/C27H19N3O3/c28-13-14-33-21-12-6-1-7-16(21)15-29-30-26(31)24-22-17-8-2-3-9-18(17)23(25(24)27(30)32)20-11-5-4-10-19(20)22/h1-12,15,22-25H,14H2/b29-15-/t22?,23?,24-,25-/m0/s1. The van der Waals surface area contributed by atoms with Gasteiger partial charge in [0.15, 0.2) is 6.61 Å². The summed E-state index contributed by atoms with van der Waals surface area (Å²) in [4.78, 5) is 27.1. The van der Waals surface area contributed by atoms with Crippen LogP contribution in [-0.4, -0.2) is 29.6 Å². The second-order valence-corrected chi connectivity index (χ2v) is 8.48. The molecule has 160 valence electrons. The molecule has 0 radical (unpaired) electrons. The summed E-state index contributed by atoms with van der Waals surface area (Å²) in [6.45, 7) is -0.101. The highest BCUT2D eigenvalue weighted by atomic mass is 16.5. The van der Waals surface area contributed by atoms with Crippen LogP contribution in [0.25, 0.3) is 0 Å². The summed E-state index contributed by atoms with van der Waals surface area (Å²) in [6, 6.07) is 25.3. The number of amides is 2. The zero-order valence-corrected chi connectivity index (χ0v) is 17.6. The molecule has 0 aromatic heterocycles. The van der Waals surface area contributed by atoms with Crippen LogP contribution >= 0.6 is 0 Å². The maximum Gasteiger partial charge on any atom is 0.254 e. The fourth-order valence-corrected chi connectivity index (χ4v) is 5.72. The van der Waals surface area contributed by atoms with Crippen LogP contribution in [0.2, 0.25) is 0 Å². The first-order valence-electron chi connectivity index (χ1n) is 10.9. The third kappa shape index (κ3) is 2.76. The maximum atomic E-state index is 13.6. The average molecular weight is 433 g/mol. The van der Waals surface area contributed by atoms with Crippen molar-refractivity contribution in [2.45, 2.75) is 11.8 Å². The fourth-order valence-electron chi connectivity index (χ4n) is 5.72. The molecule has 6 heteroatoms. The summed E-state index contributed by atoms with van der Waals surface area (Å²) in [5.41, 5.74) is 5.11. The number of ether oxygens (including phenoxy) is 1. The van der Waals surface area contributed by atoms with Crippen LogP contribution in [0.1, 0.15) is 39.7 Å². The molecule has 3 aliphatic carbocycles. The molecule has 6 nitrogen and oxygen atoms in total. The molecule has 2 atom stereocenters. The Morgan fingerprint density at radius 2 is 1.30 bits per heavy atom. The van der Waals surface area contributed by atoms with Gasteiger partial charge in [-0.3, -0.25) is 9.59 Å². The number of para-hydroxylation sites is 1. The first-order valence-corrected chi connectivity index (χ1v) is 10.9. The van der Waals surface area contributed by atoms with Crippen LogP contribution in [0.3, 0.4) is 0 Å². The van der Waals surface area contributed by atoms with Crippen molar-refractivity contribution < 1.29 is 14.3 Å². The molecule has 4 aliphatic rings. The van der Waals surface area contributed by atoms with Crippen LogP contribution in [-0.2, 0) is 9.59 Å². The Kier molecular flexibility index (Phi) is 4.37. The van der Waals surface area contributed by atoms with Gasteiger partial charge in [0.1, 0.15) is 11.8 Å². The summed E-state index contributed by atoms with van der Waals surface area (Å²) < 4.78 is 5.44. The molecule has 2 bridgehead atoms. The van der Waals surface area contributed by atoms with Crippen molar-refractivity contribution in [2.75, 3.05) is 6.61 Å². The Hall–Kier alpha value is -4.24. The Morgan fingerprint density at radius 1 is 0.818 bits per heavy atom. The van der Waals surface area contributed by atoms with E-state index in [1.54, 1.807) is 18.2 Å². The fraction of sp³-hybridized carbons (Fsp3) is 0.185. The second kappa shape index (κ2) is 7.42. The van der Waals surface area contributed by atoms with Crippen LogP contribution in [0, 0.1) is 23.2 Å². The van der Waals surface area contributed by atoms with Gasteiger partial charge in [-0.1, -0.05) is 60.7 Å². The van der Waals surface area contributed by atoms with E-state index in [0.29, 0.717) is 11.3 Å². The number of hydrogen-bond donors (Lipinski definition) is 0. The van der Waals surface area contributed by atoms with E-state index in [1.165, 1.54) is 6.21 Å². The number of carbonyl (C=O) groups excluding carboxylic acids is 2. The lowest BCUT2D eigenvalue weighted by Crippen LogP contribution is -2.41. The molecule has 2 amide bonds. The van der Waals surface area contributed by atoms with E-state index < -0.39 is 11.8 Å². The smallest absolute Gasteiger partial charge is 0.254 e. The van der Waals surface area contributed by atoms with Gasteiger partial charge in [-0.2, -0.15) is 15.4 Å². The number of carbonyl (C=O) groups is 2. The highest BCUT2D eigenvalue weighted by molar-refractivity contribution is 6.08. The van der Waals surface area contributed by atoms with E-state index in [1.807, 2.05) is 36.4 Å². The summed E-state index contributed by atoms with van der Waals surface area (Å²) >= 11 is 0. The molecule has 1 aliphatic heterocycles. The highest BCUT2D eigenvalue weighted by Crippen LogP contribution is 2.60. The van der Waals surface area contributed by atoms with Crippen molar-refractivity contribution in [2.24, 2.45) is 16.9 Å². The molecule has 1 saturated heterocycles. The van der Waals surface area contributed by atoms with E-state index >= 15 is 0 Å². The highest BCUT2D eigenvalue weighted by Gasteiger charge is 2.61. The summed E-state index contributed by atoms with van der Waals surface area (Å²) in [7, 11) is 0. The van der Waals surface area contributed by atoms with Crippen LogP contribution in [0.15, 0.2) is 77.9 Å². The van der Waals surface area contributed by atoms with E-state index in [9.17, 15) is 9.59 Å². The first-order chi connectivity index (χ1) is 16.2. The van der Waals surface area contributed by atoms with Crippen molar-refractivity contribution in [1.82, 2.24) is 5.01 Å². The number of nitrogens with zero attached hydrogens (tertiary/aromatic N) is 3. The maximum absolute atomic E-state index is 13.6. The minimum absolute atomic E-state index is 0.101. The van der Waals surface area contributed by atoms with Crippen molar-refractivity contribution in [3.63, 3.8) is 0 Å². The number of imide groups is 1. The molecule has 33 heavy (non-hydrogen) atoms. The van der Waals surface area contributed by atoms with Gasteiger partial charge in [-0.25, -0.2) is 0 Å². The Morgan fingerprint density at radius 3 is 1.82 bits per heavy atom. The SMILES string of the molecule is N#CCOc1ccccc1/C=N\N1C(=O)[C@H]2C3c4ccccc4C(c4ccccc43)[C@@H]2C1=O. The van der Waals surface area contributed by atoms with Crippen LogP contribution in [0.4, 0.5) is 0 Å². The average Bonchev–Trinajstić information content (AvgIpc) is 3.12. The molecule has 3 aromatic rings. The zero-order valence-electron chi connectivity index (χ0n) is 17.6. The summed E-state index contributed by atoms with van der Waals surface area (Å²) in [5, 5.41) is 14.2. The molecule has 0 saturated carbocycles. The normalized spacial score (nSPS) is 24.4. The van der Waals surface area contributed by atoms with Gasteiger partial charge in [0, 0.05) is 17.4 Å². The molecule has 0 unspecified atom stereocenters. The van der Waals surface area contributed by atoms with Crippen LogP contribution in [0.5, 0.6) is 5.75 Å². The largest absolute Gasteiger partial charge is 0.478 e. The van der Waals surface area contributed by atoms with Crippen molar-refractivity contribution in [1.29, 1.82) is 5.26 Å². The van der Waals surface area contributed by atoms with E-state index in [4.69, 9.17) is 10.00 Å². The first kappa shape index (κ1) is 19.4. The van der Waals surface area contributed by atoms with Gasteiger partial charge in [0.2, 0.25) is 0 Å². The minimum Gasteiger partial charge on any atom is -0.478 e. The molecule has 7 rings (SSSR count). The number of benzene rings is 3. The molecule has 0 N–H and O–H groups in total. The predicted octanol–water partition coefficient (Wildman–Crippen LogP) is 3.82. The Bertz CT molecular complexity index is 1260. The van der Waals surface area contributed by atoms with Crippen molar-refractivity contribution >= 4 is 18.0 Å². The molecule has 1 heterocycles. The number of rotatable bonds is 4. The van der Waals surface area contributed by atoms with Gasteiger partial charge < -0.3 is 4.74 Å². The molecule has 1 fully saturated rings. The van der Waals surface area contributed by atoms with E-state index in [2.05, 4.69) is 29.4 Å². The molecular weight excluding hydrogens is 414 g/mol. The predicted molar refractivity (Wildman–Crippen MR) is 121 cm³/mol. The topological polar surface area (TPSA) is 82.8 Å². The minimum atomic E-state index is -0.463. The quantitative estimate of drug-likeness (QED) is 0.463.